The quantitative estimate of drug-likeness (QED) is 0.328. The normalized spacial score (nSPS) is 11.5. The monoisotopic (exact) mass is 458 g/mol. The summed E-state index contributed by atoms with van der Waals surface area (Å²) in [5.41, 5.74) is 6.51. The fraction of sp³-hybridized carbons (Fsp3) is 0.179. The molecule has 0 aliphatic rings. The number of rotatable bonds is 6. The molecule has 0 saturated heterocycles. The second kappa shape index (κ2) is 9.43. The Morgan fingerprint density at radius 1 is 1.09 bits per heavy atom. The lowest BCUT2D eigenvalue weighted by atomic mass is 9.96. The molecule has 0 aliphatic carbocycles. The number of nitrogens with zero attached hydrogens (tertiary/aromatic N) is 1. The van der Waals surface area contributed by atoms with Crippen molar-refractivity contribution >= 4 is 33.8 Å². The number of fused-ring (bicyclic) bond motifs is 1. The molecule has 1 amide bonds. The molecule has 0 bridgehead atoms. The minimum Gasteiger partial charge on any atom is -0.496 e. The number of hydrogen-bond donors (Lipinski definition) is 1. The summed E-state index contributed by atoms with van der Waals surface area (Å²) in [6.45, 7) is 3.79. The van der Waals surface area contributed by atoms with Gasteiger partial charge in [0.15, 0.2) is 0 Å². The van der Waals surface area contributed by atoms with E-state index < -0.39 is 0 Å². The van der Waals surface area contributed by atoms with E-state index in [1.807, 2.05) is 63.2 Å². The topological polar surface area (TPSA) is 54.7 Å². The summed E-state index contributed by atoms with van der Waals surface area (Å²) in [7, 11) is 5.53. The van der Waals surface area contributed by atoms with Crippen molar-refractivity contribution in [2.45, 2.75) is 13.8 Å². The van der Waals surface area contributed by atoms with Crippen LogP contribution in [0.15, 0.2) is 71.4 Å². The Morgan fingerprint density at radius 2 is 1.76 bits per heavy atom. The first-order valence-corrected chi connectivity index (χ1v) is 10.9. The van der Waals surface area contributed by atoms with E-state index in [2.05, 4.69) is 5.32 Å². The molecule has 0 spiro atoms. The van der Waals surface area contributed by atoms with Crippen molar-refractivity contribution < 1.29 is 18.3 Å². The SMILES string of the molecule is COc1c(/C(C)=C/C(=O)Nc2ccc(N(C)C)cc2)cc2c(-c3ccc(F)cc3)coc2c1C. The van der Waals surface area contributed by atoms with Crippen LogP contribution in [0.5, 0.6) is 5.75 Å². The third-order valence-electron chi connectivity index (χ3n) is 5.83. The number of aryl methyl sites for hydroxylation is 1. The minimum absolute atomic E-state index is 0.235. The Kier molecular flexibility index (Phi) is 6.41. The molecule has 1 heterocycles. The van der Waals surface area contributed by atoms with Gasteiger partial charge in [-0.1, -0.05) is 12.1 Å². The molecule has 6 heteroatoms. The number of benzene rings is 3. The van der Waals surface area contributed by atoms with Crippen LogP contribution in [0.4, 0.5) is 15.8 Å². The van der Waals surface area contributed by atoms with Gasteiger partial charge in [-0.15, -0.1) is 0 Å². The number of methoxy groups -OCH3 is 1. The van der Waals surface area contributed by atoms with Gasteiger partial charge in [-0.05, 0) is 67.4 Å². The zero-order valence-electron chi connectivity index (χ0n) is 19.9. The number of hydrogen-bond acceptors (Lipinski definition) is 4. The Hall–Kier alpha value is -4.06. The van der Waals surface area contributed by atoms with Gasteiger partial charge in [0.05, 0.1) is 13.4 Å². The van der Waals surface area contributed by atoms with Gasteiger partial charge in [-0.3, -0.25) is 4.79 Å². The van der Waals surface area contributed by atoms with Crippen LogP contribution in [0.3, 0.4) is 0 Å². The molecular weight excluding hydrogens is 431 g/mol. The molecule has 4 rings (SSSR count). The van der Waals surface area contributed by atoms with Crippen molar-refractivity contribution in [2.75, 3.05) is 31.4 Å². The number of amides is 1. The number of ether oxygens (including phenoxy) is 1. The molecule has 3 aromatic carbocycles. The van der Waals surface area contributed by atoms with E-state index in [1.165, 1.54) is 12.1 Å². The van der Waals surface area contributed by atoms with Crippen LogP contribution in [0.2, 0.25) is 0 Å². The number of carbonyl (C=O) groups excluding carboxylic acids is 1. The number of allylic oxidation sites excluding steroid dienone is 1. The Labute approximate surface area is 198 Å². The number of furan rings is 1. The lowest BCUT2D eigenvalue weighted by molar-refractivity contribution is -0.111. The Morgan fingerprint density at radius 3 is 2.38 bits per heavy atom. The molecule has 1 N–H and O–H groups in total. The molecule has 0 atom stereocenters. The summed E-state index contributed by atoms with van der Waals surface area (Å²) in [5, 5.41) is 3.77. The third-order valence-corrected chi connectivity index (χ3v) is 5.83. The van der Waals surface area contributed by atoms with Gasteiger partial charge in [0.2, 0.25) is 5.91 Å². The largest absolute Gasteiger partial charge is 0.496 e. The van der Waals surface area contributed by atoms with Crippen molar-refractivity contribution in [2.24, 2.45) is 0 Å². The summed E-state index contributed by atoms with van der Waals surface area (Å²) in [5.74, 6) is 0.112. The molecule has 0 aliphatic heterocycles. The predicted octanol–water partition coefficient (Wildman–Crippen LogP) is 6.66. The van der Waals surface area contributed by atoms with Crippen LogP contribution in [-0.2, 0) is 4.79 Å². The van der Waals surface area contributed by atoms with E-state index in [9.17, 15) is 9.18 Å². The lowest BCUT2D eigenvalue weighted by Gasteiger charge is -2.14. The molecule has 0 radical (unpaired) electrons. The van der Waals surface area contributed by atoms with E-state index in [4.69, 9.17) is 9.15 Å². The zero-order valence-corrected chi connectivity index (χ0v) is 19.9. The maximum Gasteiger partial charge on any atom is 0.248 e. The second-order valence-electron chi connectivity index (χ2n) is 8.37. The van der Waals surface area contributed by atoms with Crippen LogP contribution in [0.1, 0.15) is 18.1 Å². The summed E-state index contributed by atoms with van der Waals surface area (Å²) < 4.78 is 25.0. The summed E-state index contributed by atoms with van der Waals surface area (Å²) in [6, 6.07) is 15.9. The van der Waals surface area contributed by atoms with Crippen molar-refractivity contribution in [3.05, 3.63) is 83.9 Å². The molecule has 0 saturated carbocycles. The van der Waals surface area contributed by atoms with Crippen molar-refractivity contribution in [1.29, 1.82) is 0 Å². The van der Waals surface area contributed by atoms with Gasteiger partial charge < -0.3 is 19.4 Å². The van der Waals surface area contributed by atoms with Gasteiger partial charge in [-0.25, -0.2) is 4.39 Å². The first kappa shape index (κ1) is 23.1. The van der Waals surface area contributed by atoms with E-state index >= 15 is 0 Å². The predicted molar refractivity (Wildman–Crippen MR) is 136 cm³/mol. The summed E-state index contributed by atoms with van der Waals surface area (Å²) >= 11 is 0. The highest BCUT2D eigenvalue weighted by molar-refractivity contribution is 6.06. The maximum absolute atomic E-state index is 13.4. The molecule has 1 aromatic heterocycles. The van der Waals surface area contributed by atoms with Crippen molar-refractivity contribution in [3.8, 4) is 16.9 Å². The number of carbonyl (C=O) groups is 1. The second-order valence-corrected chi connectivity index (χ2v) is 8.37. The molecule has 34 heavy (non-hydrogen) atoms. The van der Waals surface area contributed by atoms with Gasteiger partial charge >= 0.3 is 0 Å². The molecule has 0 unspecified atom stereocenters. The highest BCUT2D eigenvalue weighted by atomic mass is 19.1. The first-order chi connectivity index (χ1) is 16.3. The van der Waals surface area contributed by atoms with Crippen molar-refractivity contribution in [3.63, 3.8) is 0 Å². The summed E-state index contributed by atoms with van der Waals surface area (Å²) in [4.78, 5) is 14.7. The zero-order chi connectivity index (χ0) is 24.4. The van der Waals surface area contributed by atoms with Gasteiger partial charge in [-0.2, -0.15) is 0 Å². The first-order valence-electron chi connectivity index (χ1n) is 10.9. The smallest absolute Gasteiger partial charge is 0.248 e. The number of nitrogens with one attached hydrogen (secondary N) is 1. The van der Waals surface area contributed by atoms with E-state index in [-0.39, 0.29) is 11.7 Å². The average Bonchev–Trinajstić information content (AvgIpc) is 3.24. The van der Waals surface area contributed by atoms with Crippen molar-refractivity contribution in [1.82, 2.24) is 0 Å². The average molecular weight is 459 g/mol. The van der Waals surface area contributed by atoms with E-state index in [0.29, 0.717) is 17.0 Å². The van der Waals surface area contributed by atoms with E-state index in [1.54, 1.807) is 31.6 Å². The number of halogens is 1. The van der Waals surface area contributed by atoms with Gasteiger partial charge in [0, 0.05) is 53.6 Å². The highest BCUT2D eigenvalue weighted by Gasteiger charge is 2.19. The lowest BCUT2D eigenvalue weighted by Crippen LogP contribution is -2.10. The molecular formula is C28H27FN2O3. The Balaban J connectivity index is 1.70. The van der Waals surface area contributed by atoms with Gasteiger partial charge in [0.25, 0.3) is 0 Å². The van der Waals surface area contributed by atoms with Crippen LogP contribution in [-0.4, -0.2) is 27.1 Å². The van der Waals surface area contributed by atoms with Crippen LogP contribution in [0.25, 0.3) is 27.7 Å². The number of anilines is 2. The van der Waals surface area contributed by atoms with E-state index in [0.717, 1.165) is 38.9 Å². The molecule has 5 nitrogen and oxygen atoms in total. The van der Waals surface area contributed by atoms with Gasteiger partial charge in [0.1, 0.15) is 17.1 Å². The fourth-order valence-electron chi connectivity index (χ4n) is 4.02. The van der Waals surface area contributed by atoms with Crippen LogP contribution >= 0.6 is 0 Å². The molecule has 0 fully saturated rings. The highest BCUT2D eigenvalue weighted by Crippen LogP contribution is 2.40. The van der Waals surface area contributed by atoms with Crippen LogP contribution < -0.4 is 15.0 Å². The fourth-order valence-corrected chi connectivity index (χ4v) is 4.02. The Bertz CT molecular complexity index is 1370. The minimum atomic E-state index is -0.295. The maximum atomic E-state index is 13.4. The molecule has 4 aromatic rings. The summed E-state index contributed by atoms with van der Waals surface area (Å²) in [6.07, 6.45) is 3.22. The molecule has 174 valence electrons. The standard InChI is InChI=1S/C28H27FN2O3/c1-17(14-26(32)30-21-10-12-22(13-11-21)31(3)4)23-15-24-25(19-6-8-20(29)9-7-19)16-34-28(24)18(2)27(23)33-5/h6-16H,1-5H3,(H,30,32)/b17-14+. The van der Waals surface area contributed by atoms with Crippen LogP contribution in [0, 0.1) is 12.7 Å². The third kappa shape index (κ3) is 4.53.